The van der Waals surface area contributed by atoms with E-state index in [1.54, 1.807) is 49.5 Å². The van der Waals surface area contributed by atoms with E-state index in [-0.39, 0.29) is 24.5 Å². The Morgan fingerprint density at radius 1 is 1.06 bits per heavy atom. The molecule has 1 aromatic carbocycles. The Morgan fingerprint density at radius 2 is 1.66 bits per heavy atom. The second-order valence-electron chi connectivity index (χ2n) is 8.70. The lowest BCUT2D eigenvalue weighted by molar-refractivity contribution is -0.384. The molecule has 1 heterocycles. The predicted molar refractivity (Wildman–Crippen MR) is 142 cm³/mol. The van der Waals surface area contributed by atoms with Crippen LogP contribution >= 0.6 is 23.5 Å². The molecule has 0 aromatic heterocycles. The van der Waals surface area contributed by atoms with Gasteiger partial charge in [-0.05, 0) is 29.9 Å². The van der Waals surface area contributed by atoms with Crippen LogP contribution in [0.5, 0.6) is 0 Å². The first-order valence-corrected chi connectivity index (χ1v) is 13.7. The van der Waals surface area contributed by atoms with Gasteiger partial charge in [0.2, 0.25) is 0 Å². The molecular formula is C25H34N2O6S2. The third kappa shape index (κ3) is 8.38. The number of hydrogen-bond donors (Lipinski definition) is 0. The van der Waals surface area contributed by atoms with Gasteiger partial charge in [-0.2, -0.15) is 23.5 Å². The summed E-state index contributed by atoms with van der Waals surface area (Å²) in [6.45, 7) is 12.1. The van der Waals surface area contributed by atoms with Gasteiger partial charge in [0, 0.05) is 41.0 Å². The first kappa shape index (κ1) is 28.9. The Kier molecular flexibility index (Phi) is 11.3. The normalized spacial score (nSPS) is 18.0. The molecule has 0 aliphatic carbocycles. The maximum absolute atomic E-state index is 13.2. The molecule has 0 bridgehead atoms. The molecule has 35 heavy (non-hydrogen) atoms. The molecule has 2 unspecified atom stereocenters. The number of thioether (sulfide) groups is 2. The second-order valence-corrected chi connectivity index (χ2v) is 12.1. The molecule has 2 rings (SSSR count). The van der Waals surface area contributed by atoms with E-state index in [9.17, 15) is 19.7 Å². The van der Waals surface area contributed by atoms with E-state index in [2.05, 4.69) is 32.7 Å². The van der Waals surface area contributed by atoms with Gasteiger partial charge in [-0.15, -0.1) is 0 Å². The van der Waals surface area contributed by atoms with Gasteiger partial charge in [-0.1, -0.05) is 39.8 Å². The summed E-state index contributed by atoms with van der Waals surface area (Å²) in [5, 5.41) is 12.2. The lowest BCUT2D eigenvalue weighted by Crippen LogP contribution is -2.37. The van der Waals surface area contributed by atoms with Gasteiger partial charge in [-0.3, -0.25) is 19.9 Å². The van der Waals surface area contributed by atoms with E-state index in [0.717, 1.165) is 0 Å². The number of carbonyl (C=O) groups excluding carboxylic acids is 2. The van der Waals surface area contributed by atoms with Crippen molar-refractivity contribution >= 4 is 46.9 Å². The SMILES string of the molecule is CC1=NC(C)=C(C(=O)OCCSC(C)C)C(c2cccc([N+](=O)[O-])c2)C1C(=O)OCCSC(C)C. The van der Waals surface area contributed by atoms with Crippen molar-refractivity contribution in [2.45, 2.75) is 58.0 Å². The van der Waals surface area contributed by atoms with Crippen LogP contribution in [-0.2, 0) is 19.1 Å². The van der Waals surface area contributed by atoms with Crippen LogP contribution in [0.15, 0.2) is 40.5 Å². The lowest BCUT2D eigenvalue weighted by Gasteiger charge is -2.31. The van der Waals surface area contributed by atoms with Crippen molar-refractivity contribution in [3.8, 4) is 0 Å². The predicted octanol–water partition coefficient (Wildman–Crippen LogP) is 5.41. The van der Waals surface area contributed by atoms with E-state index in [1.165, 1.54) is 12.1 Å². The fraction of sp³-hybridized carbons (Fsp3) is 0.560. The van der Waals surface area contributed by atoms with Crippen LogP contribution in [0.1, 0.15) is 53.0 Å². The number of allylic oxidation sites excluding steroid dienone is 1. The molecule has 8 nitrogen and oxygen atoms in total. The highest BCUT2D eigenvalue weighted by atomic mass is 32.2. The molecule has 192 valence electrons. The van der Waals surface area contributed by atoms with E-state index in [0.29, 0.717) is 39.0 Å². The monoisotopic (exact) mass is 522 g/mol. The van der Waals surface area contributed by atoms with E-state index < -0.39 is 28.7 Å². The molecule has 0 fully saturated rings. The molecule has 0 N–H and O–H groups in total. The zero-order valence-corrected chi connectivity index (χ0v) is 22.7. The second kappa shape index (κ2) is 13.7. The standard InChI is InChI=1S/C25H34N2O6S2/c1-15(2)34-12-10-32-24(28)21-17(5)26-18(6)22(25(29)33-11-13-35-16(3)4)23(21)19-8-7-9-20(14-19)27(30)31/h7-9,14-16,21,23H,10-13H2,1-6H3. The highest BCUT2D eigenvalue weighted by Gasteiger charge is 2.42. The van der Waals surface area contributed by atoms with Crippen LogP contribution in [0.3, 0.4) is 0 Å². The number of nitro groups is 1. The largest absolute Gasteiger partial charge is 0.464 e. The molecule has 10 heteroatoms. The smallest absolute Gasteiger partial charge is 0.336 e. The quantitative estimate of drug-likeness (QED) is 0.155. The van der Waals surface area contributed by atoms with Gasteiger partial charge < -0.3 is 9.47 Å². The highest BCUT2D eigenvalue weighted by molar-refractivity contribution is 8.00. The number of aliphatic imine (C=N–C) groups is 1. The summed E-state index contributed by atoms with van der Waals surface area (Å²) in [6.07, 6.45) is 0. The number of nitrogens with zero attached hydrogens (tertiary/aromatic N) is 2. The number of ether oxygens (including phenoxy) is 2. The van der Waals surface area contributed by atoms with Crippen LogP contribution in [0.4, 0.5) is 5.69 Å². The Morgan fingerprint density at radius 3 is 2.23 bits per heavy atom. The number of esters is 2. The van der Waals surface area contributed by atoms with Crippen LogP contribution in [0, 0.1) is 16.0 Å². The van der Waals surface area contributed by atoms with Gasteiger partial charge in [0.05, 0.1) is 10.5 Å². The van der Waals surface area contributed by atoms with Crippen molar-refractivity contribution in [3.05, 3.63) is 51.2 Å². The number of nitro benzene ring substituents is 1. The van der Waals surface area contributed by atoms with E-state index in [4.69, 9.17) is 9.47 Å². The lowest BCUT2D eigenvalue weighted by atomic mass is 9.75. The topological polar surface area (TPSA) is 108 Å². The van der Waals surface area contributed by atoms with Crippen LogP contribution < -0.4 is 0 Å². The average Bonchev–Trinajstić information content (AvgIpc) is 2.78. The number of hydrogen-bond acceptors (Lipinski definition) is 9. The summed E-state index contributed by atoms with van der Waals surface area (Å²) in [4.78, 5) is 41.9. The molecular weight excluding hydrogens is 488 g/mol. The zero-order chi connectivity index (χ0) is 26.1. The van der Waals surface area contributed by atoms with Gasteiger partial charge in [0.1, 0.15) is 19.1 Å². The van der Waals surface area contributed by atoms with Crippen LogP contribution in [0.2, 0.25) is 0 Å². The number of carbonyl (C=O) groups is 2. The van der Waals surface area contributed by atoms with Gasteiger partial charge in [-0.25, -0.2) is 4.79 Å². The molecule has 0 spiro atoms. The summed E-state index contributed by atoms with van der Waals surface area (Å²) in [6, 6.07) is 6.00. The molecule has 1 aromatic rings. The van der Waals surface area contributed by atoms with E-state index >= 15 is 0 Å². The first-order valence-electron chi connectivity index (χ1n) is 11.6. The van der Waals surface area contributed by atoms with Crippen molar-refractivity contribution in [3.63, 3.8) is 0 Å². The van der Waals surface area contributed by atoms with Gasteiger partial charge in [0.25, 0.3) is 5.69 Å². The Bertz CT molecular complexity index is 990. The van der Waals surface area contributed by atoms with Gasteiger partial charge in [0.15, 0.2) is 0 Å². The van der Waals surface area contributed by atoms with E-state index in [1.807, 2.05) is 0 Å². The fourth-order valence-corrected chi connectivity index (χ4v) is 5.11. The molecule has 1 aliphatic rings. The first-order chi connectivity index (χ1) is 16.5. The Hall–Kier alpha value is -2.33. The van der Waals surface area contributed by atoms with Gasteiger partial charge >= 0.3 is 11.9 Å². The third-order valence-electron chi connectivity index (χ3n) is 5.29. The molecule has 0 saturated carbocycles. The Balaban J connectivity index is 2.40. The minimum atomic E-state index is -0.891. The average molecular weight is 523 g/mol. The minimum Gasteiger partial charge on any atom is -0.464 e. The summed E-state index contributed by atoms with van der Waals surface area (Å²) in [5.41, 5.74) is 1.49. The summed E-state index contributed by atoms with van der Waals surface area (Å²) < 4.78 is 11.1. The maximum atomic E-state index is 13.2. The summed E-state index contributed by atoms with van der Waals surface area (Å²) in [7, 11) is 0. The molecule has 0 saturated heterocycles. The third-order valence-corrected chi connectivity index (χ3v) is 7.43. The van der Waals surface area contributed by atoms with Crippen molar-refractivity contribution in [2.24, 2.45) is 10.9 Å². The molecule has 2 atom stereocenters. The minimum absolute atomic E-state index is 0.123. The fourth-order valence-electron chi connectivity index (χ4n) is 3.81. The van der Waals surface area contributed by atoms with Crippen molar-refractivity contribution in [2.75, 3.05) is 24.7 Å². The molecule has 0 radical (unpaired) electrons. The molecule has 1 aliphatic heterocycles. The molecule has 0 amide bonds. The number of benzene rings is 1. The number of non-ortho nitro benzene ring substituents is 1. The zero-order valence-electron chi connectivity index (χ0n) is 21.1. The van der Waals surface area contributed by atoms with Crippen LogP contribution in [-0.4, -0.2) is 57.8 Å². The van der Waals surface area contributed by atoms with Crippen molar-refractivity contribution < 1.29 is 24.0 Å². The van der Waals surface area contributed by atoms with Crippen molar-refractivity contribution in [1.82, 2.24) is 0 Å². The maximum Gasteiger partial charge on any atom is 0.336 e. The van der Waals surface area contributed by atoms with Crippen LogP contribution in [0.25, 0.3) is 0 Å². The number of rotatable bonds is 12. The summed E-state index contributed by atoms with van der Waals surface area (Å²) >= 11 is 3.34. The van der Waals surface area contributed by atoms with Crippen molar-refractivity contribution in [1.29, 1.82) is 0 Å². The Labute approximate surface area is 215 Å². The highest BCUT2D eigenvalue weighted by Crippen LogP contribution is 2.41. The summed E-state index contributed by atoms with van der Waals surface area (Å²) in [5.74, 6) is -1.50.